The molecule has 1 amide bonds. The summed E-state index contributed by atoms with van der Waals surface area (Å²) in [6.45, 7) is 1.82. The normalized spacial score (nSPS) is 12.3. The zero-order valence-electron chi connectivity index (χ0n) is 22.8. The third kappa shape index (κ3) is 5.64. The molecule has 0 spiro atoms. The highest BCUT2D eigenvalue weighted by Crippen LogP contribution is 2.34. The molecule has 0 saturated carbocycles. The van der Waals surface area contributed by atoms with Crippen molar-refractivity contribution in [2.45, 2.75) is 6.42 Å². The molecular weight excluding hydrogens is 514 g/mol. The van der Waals surface area contributed by atoms with Crippen molar-refractivity contribution in [2.24, 2.45) is 4.99 Å². The van der Waals surface area contributed by atoms with Crippen LogP contribution in [0.1, 0.15) is 21.5 Å². The van der Waals surface area contributed by atoms with Gasteiger partial charge in [0.1, 0.15) is 11.6 Å². The average Bonchev–Trinajstić information content (AvgIpc) is 3.61. The maximum atomic E-state index is 12.4. The van der Waals surface area contributed by atoms with Crippen LogP contribution in [-0.4, -0.2) is 60.1 Å². The summed E-state index contributed by atoms with van der Waals surface area (Å²) in [7, 11) is 3.96. The van der Waals surface area contributed by atoms with Crippen LogP contribution in [0.3, 0.4) is 0 Å². The molecule has 4 aromatic carbocycles. The topological polar surface area (TPSA) is 99.7 Å². The molecule has 0 saturated heterocycles. The predicted octanol–water partition coefficient (Wildman–Crippen LogP) is 5.40. The van der Waals surface area contributed by atoms with Gasteiger partial charge in [-0.25, -0.2) is 4.98 Å². The van der Waals surface area contributed by atoms with E-state index >= 15 is 0 Å². The molecule has 8 heteroatoms. The van der Waals surface area contributed by atoms with Crippen molar-refractivity contribution in [3.05, 3.63) is 102 Å². The van der Waals surface area contributed by atoms with Gasteiger partial charge in [-0.15, -0.1) is 0 Å². The van der Waals surface area contributed by atoms with E-state index in [1.165, 1.54) is 5.56 Å². The lowest BCUT2D eigenvalue weighted by Gasteiger charge is -2.10. The molecule has 1 aliphatic heterocycles. The van der Waals surface area contributed by atoms with E-state index in [0.717, 1.165) is 63.5 Å². The standard InChI is InChI=1S/C33H29N5O3/c1-38(2)16-15-34-33(40)23-5-3-21(4-6-23)30-19-26-17-24(9-13-28(26)35-30)25-10-14-29-31(18-25)37-32(36-29)22-7-11-27(12-8-22)41-20-39/h3-14,17-18,20H,15-16,19H2,1-2H3,(H,34,40)(H,36,37). The van der Waals surface area contributed by atoms with Crippen LogP contribution in [-0.2, 0) is 11.2 Å². The van der Waals surface area contributed by atoms with E-state index in [4.69, 9.17) is 14.7 Å². The first kappa shape index (κ1) is 26.2. The smallest absolute Gasteiger partial charge is 0.298 e. The molecule has 0 fully saturated rings. The van der Waals surface area contributed by atoms with E-state index in [2.05, 4.69) is 40.6 Å². The Morgan fingerprint density at radius 1 is 0.927 bits per heavy atom. The first-order chi connectivity index (χ1) is 20.0. The molecule has 2 heterocycles. The van der Waals surface area contributed by atoms with Crippen molar-refractivity contribution in [3.8, 4) is 28.3 Å². The van der Waals surface area contributed by atoms with Gasteiger partial charge in [0.25, 0.3) is 12.4 Å². The van der Waals surface area contributed by atoms with Gasteiger partial charge in [-0.05, 0) is 97.0 Å². The molecular formula is C33H29N5O3. The number of amides is 1. The van der Waals surface area contributed by atoms with Crippen molar-refractivity contribution in [1.82, 2.24) is 20.2 Å². The van der Waals surface area contributed by atoms with Gasteiger partial charge < -0.3 is 19.9 Å². The molecule has 0 bridgehead atoms. The minimum Gasteiger partial charge on any atom is -0.429 e. The van der Waals surface area contributed by atoms with E-state index < -0.39 is 0 Å². The van der Waals surface area contributed by atoms with Gasteiger partial charge in [-0.2, -0.15) is 0 Å². The summed E-state index contributed by atoms with van der Waals surface area (Å²) >= 11 is 0. The summed E-state index contributed by atoms with van der Waals surface area (Å²) in [6, 6.07) is 27.4. The fourth-order valence-electron chi connectivity index (χ4n) is 4.93. The number of hydrogen-bond donors (Lipinski definition) is 2. The predicted molar refractivity (Wildman–Crippen MR) is 161 cm³/mol. The number of nitrogens with zero attached hydrogens (tertiary/aromatic N) is 3. The van der Waals surface area contributed by atoms with Gasteiger partial charge >= 0.3 is 0 Å². The quantitative estimate of drug-likeness (QED) is 0.243. The lowest BCUT2D eigenvalue weighted by atomic mass is 9.98. The Balaban J connectivity index is 1.16. The van der Waals surface area contributed by atoms with Crippen LogP contribution < -0.4 is 10.1 Å². The van der Waals surface area contributed by atoms with Gasteiger partial charge in [-0.3, -0.25) is 14.6 Å². The number of hydrogen-bond acceptors (Lipinski definition) is 6. The summed E-state index contributed by atoms with van der Waals surface area (Å²) in [4.78, 5) is 38.0. The Bertz CT molecular complexity index is 1770. The van der Waals surface area contributed by atoms with Crippen molar-refractivity contribution >= 4 is 34.8 Å². The zero-order chi connectivity index (χ0) is 28.3. The number of benzene rings is 4. The Hall–Kier alpha value is -5.08. The monoisotopic (exact) mass is 543 g/mol. The van der Waals surface area contributed by atoms with Gasteiger partial charge in [0.2, 0.25) is 0 Å². The van der Waals surface area contributed by atoms with Gasteiger partial charge in [0, 0.05) is 30.6 Å². The van der Waals surface area contributed by atoms with Crippen molar-refractivity contribution in [3.63, 3.8) is 0 Å². The van der Waals surface area contributed by atoms with Crippen LogP contribution in [0.2, 0.25) is 0 Å². The Kier molecular flexibility index (Phi) is 7.14. The number of aromatic nitrogens is 2. The highest BCUT2D eigenvalue weighted by Gasteiger charge is 2.18. The molecule has 5 aromatic rings. The minimum atomic E-state index is -0.0665. The zero-order valence-corrected chi connectivity index (χ0v) is 22.8. The number of carbonyl (C=O) groups excluding carboxylic acids is 2. The second-order valence-corrected chi connectivity index (χ2v) is 10.3. The first-order valence-electron chi connectivity index (χ1n) is 13.4. The number of rotatable bonds is 9. The maximum absolute atomic E-state index is 12.4. The lowest BCUT2D eigenvalue weighted by molar-refractivity contribution is -0.120. The molecule has 41 heavy (non-hydrogen) atoms. The average molecular weight is 544 g/mol. The van der Waals surface area contributed by atoms with Gasteiger partial charge in [0.15, 0.2) is 0 Å². The number of H-pyrrole nitrogens is 1. The summed E-state index contributed by atoms with van der Waals surface area (Å²) in [6.07, 6.45) is 0.734. The number of carbonyl (C=O) groups is 2. The number of nitrogens with one attached hydrogen (secondary N) is 2. The molecule has 0 unspecified atom stereocenters. The largest absolute Gasteiger partial charge is 0.429 e. The fraction of sp³-hybridized carbons (Fsp3) is 0.152. The first-order valence-corrected chi connectivity index (χ1v) is 13.4. The van der Waals surface area contributed by atoms with E-state index in [1.807, 2.05) is 61.5 Å². The van der Waals surface area contributed by atoms with Crippen LogP contribution in [0.4, 0.5) is 5.69 Å². The lowest BCUT2D eigenvalue weighted by Crippen LogP contribution is -2.31. The number of likely N-dealkylation sites (N-methyl/N-ethyl adjacent to an activating group) is 1. The van der Waals surface area contributed by atoms with Gasteiger partial charge in [-0.1, -0.05) is 24.3 Å². The number of ether oxygens (including phenoxy) is 1. The van der Waals surface area contributed by atoms with Crippen molar-refractivity contribution in [1.29, 1.82) is 0 Å². The summed E-state index contributed by atoms with van der Waals surface area (Å²) in [5.41, 5.74) is 9.72. The van der Waals surface area contributed by atoms with E-state index in [0.29, 0.717) is 24.3 Å². The molecule has 2 N–H and O–H groups in total. The Labute approximate surface area is 237 Å². The molecule has 0 atom stereocenters. The van der Waals surface area contributed by atoms with Crippen LogP contribution in [0.5, 0.6) is 5.75 Å². The summed E-state index contributed by atoms with van der Waals surface area (Å²) < 4.78 is 4.88. The van der Waals surface area contributed by atoms with Crippen molar-refractivity contribution in [2.75, 3.05) is 27.2 Å². The SMILES string of the molecule is CN(C)CCNC(=O)c1ccc(C2=Nc3ccc(-c4ccc5nc(-c6ccc(OC=O)cc6)[nH]c5c4)cc3C2)cc1. The Morgan fingerprint density at radius 3 is 2.39 bits per heavy atom. The van der Waals surface area contributed by atoms with Crippen molar-refractivity contribution < 1.29 is 14.3 Å². The van der Waals surface area contributed by atoms with Gasteiger partial charge in [0.05, 0.1) is 22.4 Å². The number of aliphatic imine (C=N–C) groups is 1. The molecule has 204 valence electrons. The Morgan fingerprint density at radius 2 is 1.63 bits per heavy atom. The van der Waals surface area contributed by atoms with E-state index in [-0.39, 0.29) is 5.91 Å². The molecule has 6 rings (SSSR count). The van der Waals surface area contributed by atoms with E-state index in [9.17, 15) is 9.59 Å². The number of fused-ring (bicyclic) bond motifs is 2. The highest BCUT2D eigenvalue weighted by atomic mass is 16.5. The molecule has 1 aliphatic rings. The van der Waals surface area contributed by atoms with Crippen LogP contribution in [0, 0.1) is 0 Å². The fourth-order valence-corrected chi connectivity index (χ4v) is 4.93. The molecule has 0 aliphatic carbocycles. The van der Waals surface area contributed by atoms with Crippen LogP contribution in [0.15, 0.2) is 89.9 Å². The molecule has 1 aromatic heterocycles. The summed E-state index contributed by atoms with van der Waals surface area (Å²) in [5, 5.41) is 2.95. The van der Waals surface area contributed by atoms with E-state index in [1.54, 1.807) is 12.1 Å². The van der Waals surface area contributed by atoms with Crippen LogP contribution >= 0.6 is 0 Å². The maximum Gasteiger partial charge on any atom is 0.298 e. The minimum absolute atomic E-state index is 0.0665. The molecule has 8 nitrogen and oxygen atoms in total. The number of aromatic amines is 1. The second kappa shape index (κ2) is 11.2. The summed E-state index contributed by atoms with van der Waals surface area (Å²) in [5.74, 6) is 1.17. The third-order valence-corrected chi connectivity index (χ3v) is 7.14. The third-order valence-electron chi connectivity index (χ3n) is 7.14. The second-order valence-electron chi connectivity index (χ2n) is 10.3. The number of imidazole rings is 1. The highest BCUT2D eigenvalue weighted by molar-refractivity contribution is 6.07. The molecule has 0 radical (unpaired) electrons. The van der Waals surface area contributed by atoms with Crippen LogP contribution in [0.25, 0.3) is 33.5 Å².